The zero-order chi connectivity index (χ0) is 18.0. The van der Waals surface area contributed by atoms with Crippen LogP contribution in [-0.2, 0) is 14.4 Å². The Labute approximate surface area is 151 Å². The van der Waals surface area contributed by atoms with Crippen molar-refractivity contribution in [3.05, 3.63) is 29.3 Å². The van der Waals surface area contributed by atoms with Crippen molar-refractivity contribution in [2.45, 2.75) is 44.1 Å². The SMILES string of the molecule is O=C(NC1(C(=O)O)CCCCC1)C1CC(=O)N(c2ccccc2Cl)C1. The van der Waals surface area contributed by atoms with E-state index in [0.717, 1.165) is 19.3 Å². The van der Waals surface area contributed by atoms with Crippen LogP contribution in [-0.4, -0.2) is 35.0 Å². The number of carboxylic acids is 1. The van der Waals surface area contributed by atoms with E-state index in [4.69, 9.17) is 11.6 Å². The molecule has 3 rings (SSSR count). The third kappa shape index (κ3) is 3.49. The lowest BCUT2D eigenvalue weighted by molar-refractivity contribution is -0.149. The van der Waals surface area contributed by atoms with Gasteiger partial charge in [-0.05, 0) is 25.0 Å². The Morgan fingerprint density at radius 3 is 2.52 bits per heavy atom. The number of benzene rings is 1. The highest BCUT2D eigenvalue weighted by molar-refractivity contribution is 6.33. The summed E-state index contributed by atoms with van der Waals surface area (Å²) in [4.78, 5) is 38.2. The van der Waals surface area contributed by atoms with E-state index in [-0.39, 0.29) is 24.8 Å². The Kier molecular flexibility index (Phi) is 4.99. The molecule has 0 bridgehead atoms. The normalized spacial score (nSPS) is 22.7. The van der Waals surface area contributed by atoms with Crippen molar-refractivity contribution in [1.29, 1.82) is 0 Å². The fourth-order valence-corrected chi connectivity index (χ4v) is 3.91. The van der Waals surface area contributed by atoms with Crippen molar-refractivity contribution in [3.8, 4) is 0 Å². The molecule has 2 amide bonds. The molecular weight excluding hydrogens is 344 g/mol. The first-order valence-electron chi connectivity index (χ1n) is 8.53. The molecule has 2 aliphatic rings. The average molecular weight is 365 g/mol. The van der Waals surface area contributed by atoms with E-state index < -0.39 is 17.4 Å². The summed E-state index contributed by atoms with van der Waals surface area (Å²) in [6, 6.07) is 6.99. The first-order valence-corrected chi connectivity index (χ1v) is 8.91. The fraction of sp³-hybridized carbons (Fsp3) is 0.500. The van der Waals surface area contributed by atoms with Crippen LogP contribution >= 0.6 is 11.6 Å². The monoisotopic (exact) mass is 364 g/mol. The van der Waals surface area contributed by atoms with Gasteiger partial charge in [0.25, 0.3) is 0 Å². The van der Waals surface area contributed by atoms with Crippen LogP contribution < -0.4 is 10.2 Å². The lowest BCUT2D eigenvalue weighted by Gasteiger charge is -2.34. The first kappa shape index (κ1) is 17.7. The van der Waals surface area contributed by atoms with E-state index in [1.807, 2.05) is 0 Å². The van der Waals surface area contributed by atoms with Crippen molar-refractivity contribution in [1.82, 2.24) is 5.32 Å². The number of carbonyl (C=O) groups is 3. The second-order valence-corrected chi connectivity index (χ2v) is 7.20. The molecule has 1 heterocycles. The third-order valence-corrected chi connectivity index (χ3v) is 5.44. The Balaban J connectivity index is 1.72. The quantitative estimate of drug-likeness (QED) is 0.859. The second-order valence-electron chi connectivity index (χ2n) is 6.79. The highest BCUT2D eigenvalue weighted by Gasteiger charge is 2.44. The molecule has 2 N–H and O–H groups in total. The maximum atomic E-state index is 12.6. The highest BCUT2D eigenvalue weighted by Crippen LogP contribution is 2.33. The van der Waals surface area contributed by atoms with Gasteiger partial charge in [0.2, 0.25) is 11.8 Å². The molecule has 6 nitrogen and oxygen atoms in total. The van der Waals surface area contributed by atoms with Crippen molar-refractivity contribution in [2.75, 3.05) is 11.4 Å². The van der Waals surface area contributed by atoms with E-state index in [2.05, 4.69) is 5.32 Å². The minimum Gasteiger partial charge on any atom is -0.480 e. The predicted molar refractivity (Wildman–Crippen MR) is 93.5 cm³/mol. The minimum absolute atomic E-state index is 0.0623. The van der Waals surface area contributed by atoms with Gasteiger partial charge in [0.05, 0.1) is 16.6 Å². The zero-order valence-electron chi connectivity index (χ0n) is 13.8. The summed E-state index contributed by atoms with van der Waals surface area (Å²) in [6.45, 7) is 0.212. The summed E-state index contributed by atoms with van der Waals surface area (Å²) in [5.74, 6) is -2.11. The predicted octanol–water partition coefficient (Wildman–Crippen LogP) is 2.60. The molecule has 1 aromatic rings. The highest BCUT2D eigenvalue weighted by atomic mass is 35.5. The maximum absolute atomic E-state index is 12.6. The molecule has 0 aromatic heterocycles. The van der Waals surface area contributed by atoms with Crippen LogP contribution in [0.2, 0.25) is 5.02 Å². The largest absolute Gasteiger partial charge is 0.480 e. The Morgan fingerprint density at radius 2 is 1.88 bits per heavy atom. The van der Waals surface area contributed by atoms with Crippen LogP contribution in [0.15, 0.2) is 24.3 Å². The van der Waals surface area contributed by atoms with Gasteiger partial charge in [0, 0.05) is 13.0 Å². The van der Waals surface area contributed by atoms with Gasteiger partial charge < -0.3 is 15.3 Å². The van der Waals surface area contributed by atoms with Crippen LogP contribution in [0.1, 0.15) is 38.5 Å². The molecule has 7 heteroatoms. The van der Waals surface area contributed by atoms with Gasteiger partial charge in [-0.3, -0.25) is 9.59 Å². The topological polar surface area (TPSA) is 86.7 Å². The van der Waals surface area contributed by atoms with Crippen molar-refractivity contribution in [3.63, 3.8) is 0 Å². The Morgan fingerprint density at radius 1 is 1.20 bits per heavy atom. The van der Waals surface area contributed by atoms with Crippen molar-refractivity contribution in [2.24, 2.45) is 5.92 Å². The van der Waals surface area contributed by atoms with Gasteiger partial charge in [0.1, 0.15) is 5.54 Å². The number of para-hydroxylation sites is 1. The molecule has 25 heavy (non-hydrogen) atoms. The second kappa shape index (κ2) is 7.04. The molecule has 1 unspecified atom stereocenters. The first-order chi connectivity index (χ1) is 11.9. The number of anilines is 1. The molecule has 1 saturated heterocycles. The van der Waals surface area contributed by atoms with Crippen LogP contribution in [0.3, 0.4) is 0 Å². The summed E-state index contributed by atoms with van der Waals surface area (Å²) in [5.41, 5.74) is -0.619. The number of carboxylic acid groups (broad SMARTS) is 1. The molecule has 1 aliphatic carbocycles. The van der Waals surface area contributed by atoms with Crippen LogP contribution in [0.5, 0.6) is 0 Å². The molecule has 0 radical (unpaired) electrons. The molecule has 0 spiro atoms. The van der Waals surface area contributed by atoms with E-state index in [1.54, 1.807) is 24.3 Å². The molecule has 2 fully saturated rings. The number of hydrogen-bond acceptors (Lipinski definition) is 3. The fourth-order valence-electron chi connectivity index (χ4n) is 3.67. The molecule has 1 aromatic carbocycles. The van der Waals surface area contributed by atoms with Gasteiger partial charge in [0.15, 0.2) is 0 Å². The number of aliphatic carboxylic acids is 1. The Bertz CT molecular complexity index is 700. The van der Waals surface area contributed by atoms with Gasteiger partial charge >= 0.3 is 5.97 Å². The van der Waals surface area contributed by atoms with E-state index in [9.17, 15) is 19.5 Å². The zero-order valence-corrected chi connectivity index (χ0v) is 14.6. The van der Waals surface area contributed by atoms with E-state index in [0.29, 0.717) is 23.6 Å². The number of amides is 2. The number of nitrogens with zero attached hydrogens (tertiary/aromatic N) is 1. The lowest BCUT2D eigenvalue weighted by Crippen LogP contribution is -2.57. The molecule has 1 saturated carbocycles. The summed E-state index contributed by atoms with van der Waals surface area (Å²) in [7, 11) is 0. The van der Waals surface area contributed by atoms with Gasteiger partial charge in [-0.15, -0.1) is 0 Å². The number of rotatable bonds is 4. The van der Waals surface area contributed by atoms with Crippen LogP contribution in [0.25, 0.3) is 0 Å². The van der Waals surface area contributed by atoms with Crippen LogP contribution in [0.4, 0.5) is 5.69 Å². The van der Waals surface area contributed by atoms with Gasteiger partial charge in [-0.2, -0.15) is 0 Å². The number of halogens is 1. The number of carbonyl (C=O) groups excluding carboxylic acids is 2. The third-order valence-electron chi connectivity index (χ3n) is 5.12. The minimum atomic E-state index is -1.20. The summed E-state index contributed by atoms with van der Waals surface area (Å²) in [5, 5.41) is 12.8. The maximum Gasteiger partial charge on any atom is 0.329 e. The summed E-state index contributed by atoms with van der Waals surface area (Å²) < 4.78 is 0. The van der Waals surface area contributed by atoms with Gasteiger partial charge in [-0.1, -0.05) is 43.0 Å². The summed E-state index contributed by atoms with van der Waals surface area (Å²) >= 11 is 6.14. The lowest BCUT2D eigenvalue weighted by atomic mass is 9.81. The average Bonchev–Trinajstić information content (AvgIpc) is 2.98. The Hall–Kier alpha value is -2.08. The summed E-state index contributed by atoms with van der Waals surface area (Å²) in [6.07, 6.45) is 3.47. The molecule has 1 atom stereocenters. The molecular formula is C18H21ClN2O4. The molecule has 134 valence electrons. The standard InChI is InChI=1S/C18H21ClN2O4/c19-13-6-2-3-7-14(13)21-11-12(10-15(21)22)16(23)20-18(17(24)25)8-4-1-5-9-18/h2-3,6-7,12H,1,4-5,8-11H2,(H,20,23)(H,24,25). The number of nitrogens with one attached hydrogen (secondary N) is 1. The smallest absolute Gasteiger partial charge is 0.329 e. The van der Waals surface area contributed by atoms with E-state index in [1.165, 1.54) is 4.90 Å². The van der Waals surface area contributed by atoms with Gasteiger partial charge in [-0.25, -0.2) is 4.79 Å². The van der Waals surface area contributed by atoms with Crippen LogP contribution in [0, 0.1) is 5.92 Å². The molecule has 1 aliphatic heterocycles. The number of hydrogen-bond donors (Lipinski definition) is 2. The van der Waals surface area contributed by atoms with E-state index >= 15 is 0 Å². The van der Waals surface area contributed by atoms with Crippen molar-refractivity contribution < 1.29 is 19.5 Å². The van der Waals surface area contributed by atoms with Crippen molar-refractivity contribution >= 4 is 35.1 Å².